The fourth-order valence-electron chi connectivity index (χ4n) is 2.69. The highest BCUT2D eigenvalue weighted by Gasteiger charge is 2.20. The first-order chi connectivity index (χ1) is 12.9. The van der Waals surface area contributed by atoms with E-state index in [2.05, 4.69) is 20.6 Å². The minimum absolute atomic E-state index is 0.145. The Labute approximate surface area is 153 Å². The van der Waals surface area contributed by atoms with Gasteiger partial charge in [-0.15, -0.1) is 0 Å². The standard InChI is InChI=1S/C18H17N5O4/c1-10-3-5-11(6-4-10)8-21-17(24)13-7-12-15(19-2)14(23(26)27)9-20-16(12)22-18(13)25/h3-7,9H,8H2,1-2H3,(H,21,24)(H2,19,20,22,25). The number of hydrogen-bond acceptors (Lipinski definition) is 6. The molecule has 3 rings (SSSR count). The zero-order valence-electron chi connectivity index (χ0n) is 14.7. The van der Waals surface area contributed by atoms with Crippen molar-refractivity contribution in [3.05, 3.63) is 73.7 Å². The van der Waals surface area contributed by atoms with E-state index in [-0.39, 0.29) is 34.5 Å². The predicted molar refractivity (Wildman–Crippen MR) is 101 cm³/mol. The summed E-state index contributed by atoms with van der Waals surface area (Å²) in [5.74, 6) is -0.577. The molecule has 1 aromatic carbocycles. The van der Waals surface area contributed by atoms with E-state index in [1.165, 1.54) is 13.1 Å². The van der Waals surface area contributed by atoms with Gasteiger partial charge in [0, 0.05) is 19.0 Å². The van der Waals surface area contributed by atoms with Gasteiger partial charge in [-0.3, -0.25) is 19.7 Å². The maximum atomic E-state index is 12.5. The monoisotopic (exact) mass is 367 g/mol. The molecule has 138 valence electrons. The molecule has 0 aliphatic heterocycles. The van der Waals surface area contributed by atoms with Crippen LogP contribution in [0.3, 0.4) is 0 Å². The van der Waals surface area contributed by atoms with Gasteiger partial charge in [-0.25, -0.2) is 4.98 Å². The van der Waals surface area contributed by atoms with Crippen molar-refractivity contribution in [2.75, 3.05) is 12.4 Å². The quantitative estimate of drug-likeness (QED) is 0.468. The van der Waals surface area contributed by atoms with E-state index < -0.39 is 16.4 Å². The van der Waals surface area contributed by atoms with Gasteiger partial charge in [-0.2, -0.15) is 0 Å². The summed E-state index contributed by atoms with van der Waals surface area (Å²) in [6, 6.07) is 8.92. The predicted octanol–water partition coefficient (Wildman–Crippen LogP) is 2.11. The number of anilines is 1. The molecule has 3 aromatic rings. The van der Waals surface area contributed by atoms with Crippen LogP contribution in [0.5, 0.6) is 0 Å². The topological polar surface area (TPSA) is 130 Å². The van der Waals surface area contributed by atoms with Gasteiger partial charge in [-0.05, 0) is 18.6 Å². The van der Waals surface area contributed by atoms with Crippen LogP contribution in [0.2, 0.25) is 0 Å². The number of rotatable bonds is 5. The molecule has 0 saturated heterocycles. The number of nitro groups is 1. The van der Waals surface area contributed by atoms with Crippen LogP contribution in [0.25, 0.3) is 11.0 Å². The van der Waals surface area contributed by atoms with E-state index in [1.807, 2.05) is 31.2 Å². The van der Waals surface area contributed by atoms with Crippen molar-refractivity contribution >= 4 is 28.3 Å². The lowest BCUT2D eigenvalue weighted by molar-refractivity contribution is -0.384. The van der Waals surface area contributed by atoms with E-state index in [4.69, 9.17) is 0 Å². The van der Waals surface area contributed by atoms with Crippen LogP contribution in [-0.2, 0) is 6.54 Å². The van der Waals surface area contributed by atoms with Crippen LogP contribution >= 0.6 is 0 Å². The fourth-order valence-corrected chi connectivity index (χ4v) is 2.69. The van der Waals surface area contributed by atoms with Gasteiger partial charge >= 0.3 is 5.69 Å². The van der Waals surface area contributed by atoms with Gasteiger partial charge in [0.2, 0.25) is 0 Å². The smallest absolute Gasteiger partial charge is 0.311 e. The number of aromatic amines is 1. The van der Waals surface area contributed by atoms with Crippen molar-refractivity contribution in [2.45, 2.75) is 13.5 Å². The molecule has 0 unspecified atom stereocenters. The molecule has 0 atom stereocenters. The van der Waals surface area contributed by atoms with E-state index in [1.54, 1.807) is 0 Å². The second kappa shape index (κ2) is 7.24. The molecule has 0 bridgehead atoms. The highest BCUT2D eigenvalue weighted by molar-refractivity contribution is 6.01. The lowest BCUT2D eigenvalue weighted by Crippen LogP contribution is -2.29. The Hall–Kier alpha value is -3.75. The van der Waals surface area contributed by atoms with E-state index in [0.717, 1.165) is 17.3 Å². The van der Waals surface area contributed by atoms with E-state index >= 15 is 0 Å². The van der Waals surface area contributed by atoms with Crippen LogP contribution in [0.15, 0.2) is 41.3 Å². The third-order valence-corrected chi connectivity index (χ3v) is 4.13. The normalized spacial score (nSPS) is 10.6. The third kappa shape index (κ3) is 3.61. The largest absolute Gasteiger partial charge is 0.382 e. The number of nitrogens with one attached hydrogen (secondary N) is 3. The molecule has 0 aliphatic rings. The summed E-state index contributed by atoms with van der Waals surface area (Å²) >= 11 is 0. The number of nitrogens with zero attached hydrogens (tertiary/aromatic N) is 2. The SMILES string of the molecule is CNc1c([N+](=O)[O-])cnc2[nH]c(=O)c(C(=O)NCc3ccc(C)cc3)cc12. The Morgan fingerprint density at radius 1 is 1.30 bits per heavy atom. The lowest BCUT2D eigenvalue weighted by Gasteiger charge is -2.09. The van der Waals surface area contributed by atoms with Crippen LogP contribution in [0, 0.1) is 17.0 Å². The number of H-pyrrole nitrogens is 1. The van der Waals surface area contributed by atoms with Gasteiger partial charge in [-0.1, -0.05) is 29.8 Å². The van der Waals surface area contributed by atoms with E-state index in [9.17, 15) is 19.7 Å². The molecule has 0 spiro atoms. The number of benzene rings is 1. The first kappa shape index (κ1) is 18.1. The number of fused-ring (bicyclic) bond motifs is 1. The number of carbonyl (C=O) groups is 1. The molecular formula is C18H17N5O4. The van der Waals surface area contributed by atoms with Gasteiger partial charge in [0.1, 0.15) is 23.1 Å². The first-order valence-corrected chi connectivity index (χ1v) is 8.12. The molecule has 0 radical (unpaired) electrons. The molecule has 9 heteroatoms. The number of hydrogen-bond donors (Lipinski definition) is 3. The Bertz CT molecular complexity index is 1090. The summed E-state index contributed by atoms with van der Waals surface area (Å²) < 4.78 is 0. The molecule has 27 heavy (non-hydrogen) atoms. The summed E-state index contributed by atoms with van der Waals surface area (Å²) in [4.78, 5) is 41.7. The molecule has 3 N–H and O–H groups in total. The van der Waals surface area contributed by atoms with Crippen LogP contribution < -0.4 is 16.2 Å². The maximum absolute atomic E-state index is 12.5. The summed E-state index contributed by atoms with van der Waals surface area (Å²) in [6.07, 6.45) is 1.06. The first-order valence-electron chi connectivity index (χ1n) is 8.12. The summed E-state index contributed by atoms with van der Waals surface area (Å²) in [5.41, 5.74) is 1.31. The Morgan fingerprint density at radius 2 is 2.00 bits per heavy atom. The zero-order valence-corrected chi connectivity index (χ0v) is 14.7. The molecule has 1 amide bonds. The molecule has 2 heterocycles. The summed E-state index contributed by atoms with van der Waals surface area (Å²) in [5, 5.41) is 16.9. The zero-order chi connectivity index (χ0) is 19.6. The van der Waals surface area contributed by atoms with Crippen molar-refractivity contribution in [2.24, 2.45) is 0 Å². The van der Waals surface area contributed by atoms with Gasteiger partial charge in [0.15, 0.2) is 0 Å². The van der Waals surface area contributed by atoms with Gasteiger partial charge in [0.05, 0.1) is 4.92 Å². The van der Waals surface area contributed by atoms with Crippen molar-refractivity contribution in [1.29, 1.82) is 0 Å². The highest BCUT2D eigenvalue weighted by atomic mass is 16.6. The molecular weight excluding hydrogens is 350 g/mol. The van der Waals surface area contributed by atoms with Crippen LogP contribution in [-0.4, -0.2) is 27.8 Å². The minimum Gasteiger partial charge on any atom is -0.382 e. The number of aromatic nitrogens is 2. The number of aryl methyl sites for hydroxylation is 1. The second-order valence-corrected chi connectivity index (χ2v) is 5.97. The van der Waals surface area contributed by atoms with Crippen molar-refractivity contribution in [3.8, 4) is 0 Å². The third-order valence-electron chi connectivity index (χ3n) is 4.13. The fraction of sp³-hybridized carbons (Fsp3) is 0.167. The molecule has 0 fully saturated rings. The lowest BCUT2D eigenvalue weighted by atomic mass is 10.1. The molecule has 0 aliphatic carbocycles. The minimum atomic E-state index is -0.618. The number of amides is 1. The summed E-state index contributed by atoms with van der Waals surface area (Å²) in [7, 11) is 1.52. The Kier molecular flexibility index (Phi) is 4.84. The van der Waals surface area contributed by atoms with Gasteiger partial charge < -0.3 is 15.6 Å². The van der Waals surface area contributed by atoms with Crippen molar-refractivity contribution < 1.29 is 9.72 Å². The number of pyridine rings is 2. The van der Waals surface area contributed by atoms with E-state index in [0.29, 0.717) is 0 Å². The van der Waals surface area contributed by atoms with Crippen LogP contribution in [0.4, 0.5) is 11.4 Å². The Balaban J connectivity index is 1.96. The average molecular weight is 367 g/mol. The molecule has 2 aromatic heterocycles. The Morgan fingerprint density at radius 3 is 2.63 bits per heavy atom. The van der Waals surface area contributed by atoms with Crippen molar-refractivity contribution in [1.82, 2.24) is 15.3 Å². The van der Waals surface area contributed by atoms with Crippen LogP contribution in [0.1, 0.15) is 21.5 Å². The van der Waals surface area contributed by atoms with Crippen molar-refractivity contribution in [3.63, 3.8) is 0 Å². The maximum Gasteiger partial charge on any atom is 0.311 e. The molecule has 9 nitrogen and oxygen atoms in total. The summed E-state index contributed by atoms with van der Waals surface area (Å²) in [6.45, 7) is 2.21. The average Bonchev–Trinajstić information content (AvgIpc) is 2.65. The number of carbonyl (C=O) groups excluding carboxylic acids is 1. The van der Waals surface area contributed by atoms with Gasteiger partial charge in [0.25, 0.3) is 11.5 Å². The highest BCUT2D eigenvalue weighted by Crippen LogP contribution is 2.30. The molecule has 0 saturated carbocycles. The second-order valence-electron chi connectivity index (χ2n) is 5.97.